The summed E-state index contributed by atoms with van der Waals surface area (Å²) in [5, 5.41) is 3.38. The molecule has 0 bridgehead atoms. The number of benzene rings is 1. The Bertz CT molecular complexity index is 507. The van der Waals surface area contributed by atoms with Crippen LogP contribution in [0.2, 0.25) is 4.34 Å². The molecule has 0 saturated heterocycles. The van der Waals surface area contributed by atoms with Crippen LogP contribution in [0.25, 0.3) is 0 Å². The standard InChI is InChI=1S/C15H18ClNS2/c1-3-18-12-6-4-11(5-7-12)14(17-2)10-13-8-9-15(16)19-13/h4-9,14,17H,3,10H2,1-2H3. The summed E-state index contributed by atoms with van der Waals surface area (Å²) in [6.07, 6.45) is 0.980. The lowest BCUT2D eigenvalue weighted by molar-refractivity contribution is 0.596. The molecular weight excluding hydrogens is 294 g/mol. The van der Waals surface area contributed by atoms with Gasteiger partial charge in [0.15, 0.2) is 0 Å². The number of thiophene rings is 1. The van der Waals surface area contributed by atoms with Crippen molar-refractivity contribution in [3.05, 3.63) is 51.2 Å². The highest BCUT2D eigenvalue weighted by Gasteiger charge is 2.11. The molecule has 0 fully saturated rings. The Morgan fingerprint density at radius 1 is 1.21 bits per heavy atom. The molecule has 0 saturated carbocycles. The maximum absolute atomic E-state index is 5.98. The van der Waals surface area contributed by atoms with Crippen LogP contribution in [0.1, 0.15) is 23.4 Å². The van der Waals surface area contributed by atoms with E-state index < -0.39 is 0 Å². The Morgan fingerprint density at radius 3 is 2.47 bits per heavy atom. The van der Waals surface area contributed by atoms with Crippen LogP contribution in [0.15, 0.2) is 41.3 Å². The van der Waals surface area contributed by atoms with E-state index in [-0.39, 0.29) is 0 Å². The highest BCUT2D eigenvalue weighted by molar-refractivity contribution is 7.99. The fourth-order valence-electron chi connectivity index (χ4n) is 2.01. The monoisotopic (exact) mass is 311 g/mol. The minimum Gasteiger partial charge on any atom is -0.313 e. The molecule has 0 radical (unpaired) electrons. The first kappa shape index (κ1) is 14.9. The number of rotatable bonds is 6. The van der Waals surface area contributed by atoms with Crippen molar-refractivity contribution in [2.24, 2.45) is 0 Å². The van der Waals surface area contributed by atoms with Crippen molar-refractivity contribution in [2.75, 3.05) is 12.8 Å². The van der Waals surface area contributed by atoms with Gasteiger partial charge in [0.2, 0.25) is 0 Å². The first-order valence-corrected chi connectivity index (χ1v) is 8.55. The molecule has 19 heavy (non-hydrogen) atoms. The molecule has 1 N–H and O–H groups in total. The van der Waals surface area contributed by atoms with E-state index in [4.69, 9.17) is 11.6 Å². The third kappa shape index (κ3) is 4.25. The van der Waals surface area contributed by atoms with Crippen molar-refractivity contribution in [3.63, 3.8) is 0 Å². The SMILES string of the molecule is CCSc1ccc(C(Cc2ccc(Cl)s2)NC)cc1. The van der Waals surface area contributed by atoms with E-state index in [0.717, 1.165) is 16.5 Å². The lowest BCUT2D eigenvalue weighted by Crippen LogP contribution is -2.18. The van der Waals surface area contributed by atoms with Crippen molar-refractivity contribution < 1.29 is 0 Å². The van der Waals surface area contributed by atoms with Crippen LogP contribution in [0, 0.1) is 0 Å². The number of hydrogen-bond donors (Lipinski definition) is 1. The molecule has 1 atom stereocenters. The van der Waals surface area contributed by atoms with Gasteiger partial charge in [-0.3, -0.25) is 0 Å². The third-order valence-electron chi connectivity index (χ3n) is 2.98. The van der Waals surface area contributed by atoms with Gasteiger partial charge in [-0.25, -0.2) is 0 Å². The number of halogens is 1. The van der Waals surface area contributed by atoms with E-state index in [1.165, 1.54) is 15.3 Å². The van der Waals surface area contributed by atoms with Gasteiger partial charge >= 0.3 is 0 Å². The Morgan fingerprint density at radius 2 is 1.95 bits per heavy atom. The van der Waals surface area contributed by atoms with Crippen LogP contribution in [0.5, 0.6) is 0 Å². The third-order valence-corrected chi connectivity index (χ3v) is 5.12. The molecule has 2 aromatic rings. The van der Waals surface area contributed by atoms with Crippen molar-refractivity contribution in [1.82, 2.24) is 5.32 Å². The zero-order chi connectivity index (χ0) is 13.7. The van der Waals surface area contributed by atoms with Crippen molar-refractivity contribution >= 4 is 34.7 Å². The summed E-state index contributed by atoms with van der Waals surface area (Å²) in [5.74, 6) is 1.11. The average Bonchev–Trinajstić information content (AvgIpc) is 2.83. The van der Waals surface area contributed by atoms with Crippen molar-refractivity contribution in [1.29, 1.82) is 0 Å². The van der Waals surface area contributed by atoms with Crippen molar-refractivity contribution in [3.8, 4) is 0 Å². The van der Waals surface area contributed by atoms with E-state index in [2.05, 4.69) is 42.6 Å². The summed E-state index contributed by atoms with van der Waals surface area (Å²) in [5.41, 5.74) is 1.33. The molecular formula is C15H18ClNS2. The molecule has 102 valence electrons. The Kier molecular flexibility index (Phi) is 5.76. The zero-order valence-corrected chi connectivity index (χ0v) is 13.5. The smallest absolute Gasteiger partial charge is 0.0931 e. The second-order valence-corrected chi connectivity index (χ2v) is 7.39. The second-order valence-electron chi connectivity index (χ2n) is 4.25. The number of hydrogen-bond acceptors (Lipinski definition) is 3. The summed E-state index contributed by atoms with van der Waals surface area (Å²) in [6, 6.07) is 13.3. The highest BCUT2D eigenvalue weighted by atomic mass is 35.5. The van der Waals surface area contributed by atoms with E-state index in [1.807, 2.05) is 24.9 Å². The fourth-order valence-corrected chi connectivity index (χ4v) is 3.81. The van der Waals surface area contributed by atoms with Gasteiger partial charge in [-0.2, -0.15) is 0 Å². The number of likely N-dealkylation sites (N-methyl/N-ethyl adjacent to an activating group) is 1. The molecule has 0 aliphatic heterocycles. The van der Waals surface area contributed by atoms with Gasteiger partial charge in [0.1, 0.15) is 0 Å². The predicted molar refractivity (Wildman–Crippen MR) is 87.7 cm³/mol. The van der Waals surface area contributed by atoms with E-state index in [1.54, 1.807) is 11.3 Å². The molecule has 1 aromatic heterocycles. The summed E-state index contributed by atoms with van der Waals surface area (Å²) in [4.78, 5) is 2.65. The summed E-state index contributed by atoms with van der Waals surface area (Å²) >= 11 is 9.52. The zero-order valence-electron chi connectivity index (χ0n) is 11.2. The molecule has 0 amide bonds. The first-order valence-electron chi connectivity index (χ1n) is 6.37. The van der Waals surface area contributed by atoms with Gasteiger partial charge in [0.25, 0.3) is 0 Å². The summed E-state index contributed by atoms with van der Waals surface area (Å²) in [7, 11) is 2.01. The van der Waals surface area contributed by atoms with Gasteiger partial charge in [-0.15, -0.1) is 23.1 Å². The maximum Gasteiger partial charge on any atom is 0.0931 e. The quantitative estimate of drug-likeness (QED) is 0.752. The molecule has 1 heterocycles. The Hall–Kier alpha value is -0.480. The van der Waals surface area contributed by atoms with E-state index in [9.17, 15) is 0 Å². The molecule has 1 nitrogen and oxygen atoms in total. The first-order chi connectivity index (χ1) is 9.22. The lowest BCUT2D eigenvalue weighted by atomic mass is 10.0. The second kappa shape index (κ2) is 7.34. The van der Waals surface area contributed by atoms with Crippen LogP contribution in [0.3, 0.4) is 0 Å². The number of nitrogens with one attached hydrogen (secondary N) is 1. The van der Waals surface area contributed by atoms with Crippen LogP contribution in [-0.2, 0) is 6.42 Å². The molecule has 1 aromatic carbocycles. The average molecular weight is 312 g/mol. The Labute approximate surface area is 128 Å². The van der Waals surface area contributed by atoms with Gasteiger partial charge in [-0.05, 0) is 42.6 Å². The van der Waals surface area contributed by atoms with Crippen LogP contribution >= 0.6 is 34.7 Å². The fraction of sp³-hybridized carbons (Fsp3) is 0.333. The highest BCUT2D eigenvalue weighted by Crippen LogP contribution is 2.27. The van der Waals surface area contributed by atoms with Crippen molar-refractivity contribution in [2.45, 2.75) is 24.3 Å². The minimum atomic E-state index is 0.343. The van der Waals surface area contributed by atoms with Gasteiger partial charge in [0, 0.05) is 22.2 Å². The maximum atomic E-state index is 5.98. The largest absolute Gasteiger partial charge is 0.313 e. The van der Waals surface area contributed by atoms with Gasteiger partial charge < -0.3 is 5.32 Å². The molecule has 0 spiro atoms. The molecule has 1 unspecified atom stereocenters. The Balaban J connectivity index is 2.08. The molecule has 0 aliphatic rings. The van der Waals surface area contributed by atoms with E-state index >= 15 is 0 Å². The summed E-state index contributed by atoms with van der Waals surface area (Å²) < 4.78 is 0.861. The van der Waals surface area contributed by atoms with Crippen LogP contribution in [0.4, 0.5) is 0 Å². The normalized spacial score (nSPS) is 12.6. The summed E-state index contributed by atoms with van der Waals surface area (Å²) in [6.45, 7) is 2.18. The van der Waals surface area contributed by atoms with Gasteiger partial charge in [0.05, 0.1) is 4.34 Å². The molecule has 0 aliphatic carbocycles. The number of thioether (sulfide) groups is 1. The van der Waals surface area contributed by atoms with Crippen LogP contribution < -0.4 is 5.32 Å². The van der Waals surface area contributed by atoms with E-state index in [0.29, 0.717) is 6.04 Å². The van der Waals surface area contributed by atoms with Gasteiger partial charge in [-0.1, -0.05) is 30.7 Å². The molecule has 2 rings (SSSR count). The topological polar surface area (TPSA) is 12.0 Å². The lowest BCUT2D eigenvalue weighted by Gasteiger charge is -2.16. The van der Waals surface area contributed by atoms with Crippen LogP contribution in [-0.4, -0.2) is 12.8 Å². The predicted octanol–water partition coefficient (Wildman–Crippen LogP) is 5.02. The minimum absolute atomic E-state index is 0.343. The molecule has 4 heteroatoms.